The number of aliphatic hydroxyl groups excluding tert-OH is 2. The predicted molar refractivity (Wildman–Crippen MR) is 228 cm³/mol. The van der Waals surface area contributed by atoms with Crippen LogP contribution in [-0.2, 0) is 42.1 Å². The molecule has 0 radical (unpaired) electrons. The van der Waals surface area contributed by atoms with Crippen molar-refractivity contribution in [2.24, 2.45) is 17.7 Å². The number of hydrogen-bond donors (Lipinski definition) is 6. The number of ketones is 1. The second kappa shape index (κ2) is 22.9. The second-order valence-electron chi connectivity index (χ2n) is 14.1. The SMILES string of the molecule is CS(=O)(=O)c1ccc(C(=O)NN)cc1.[C-]#[N+]c1ccc(C[C@@H](C(=O)NCC(=O)c2ccc(S(C)(=O)=O)cc2)[C@@H](C)O)cc1C.[C-]#[N+]c1ccc(C[C@@H](C(=O)O)[C@@H](C)O)cc1C. The summed E-state index contributed by atoms with van der Waals surface area (Å²) in [5, 5.41) is 31.0. The number of nitrogen functional groups attached to an aromatic ring is 1. The average Bonchev–Trinajstić information content (AvgIpc) is 3.20. The number of sulfone groups is 2. The van der Waals surface area contributed by atoms with Gasteiger partial charge in [0.15, 0.2) is 36.8 Å². The summed E-state index contributed by atoms with van der Waals surface area (Å²) in [5.74, 6) is 1.05. The number of hydrogen-bond acceptors (Lipinski definition) is 11. The van der Waals surface area contributed by atoms with Crippen molar-refractivity contribution < 1.29 is 51.3 Å². The van der Waals surface area contributed by atoms with Crippen LogP contribution in [-0.4, -0.2) is 87.0 Å². The molecule has 0 aromatic heterocycles. The Morgan fingerprint density at radius 1 is 0.672 bits per heavy atom. The van der Waals surface area contributed by atoms with Crippen molar-refractivity contribution in [3.8, 4) is 0 Å². The molecule has 16 nitrogen and oxygen atoms in total. The van der Waals surface area contributed by atoms with Crippen LogP contribution in [0.15, 0.2) is 94.7 Å². The molecule has 4 aromatic carbocycles. The molecule has 0 spiro atoms. The Bertz CT molecular complexity index is 2510. The number of nitrogens with two attached hydrogens (primary N) is 1. The Kier molecular flexibility index (Phi) is 19.1. The van der Waals surface area contributed by atoms with Gasteiger partial charge in [0.2, 0.25) is 5.91 Å². The first-order valence-electron chi connectivity index (χ1n) is 18.4. The number of aliphatic carboxylic acids is 1. The van der Waals surface area contributed by atoms with E-state index in [0.29, 0.717) is 16.9 Å². The number of aryl methyl sites for hydroxylation is 2. The van der Waals surface area contributed by atoms with Crippen LogP contribution in [0.3, 0.4) is 0 Å². The van der Waals surface area contributed by atoms with Gasteiger partial charge in [-0.05, 0) is 99.2 Å². The molecule has 2 amide bonds. The molecule has 0 aliphatic heterocycles. The molecule has 4 atom stereocenters. The number of carboxylic acids is 1. The molecule has 0 aliphatic rings. The highest BCUT2D eigenvalue weighted by Gasteiger charge is 2.25. The van der Waals surface area contributed by atoms with Crippen molar-refractivity contribution >= 4 is 54.6 Å². The molecule has 4 aromatic rings. The molecule has 4 rings (SSSR count). The summed E-state index contributed by atoms with van der Waals surface area (Å²) in [6.45, 7) is 20.4. The Morgan fingerprint density at radius 3 is 1.39 bits per heavy atom. The van der Waals surface area contributed by atoms with E-state index in [0.717, 1.165) is 34.8 Å². The fourth-order valence-corrected chi connectivity index (χ4v) is 6.88. The first-order valence-corrected chi connectivity index (χ1v) is 22.2. The van der Waals surface area contributed by atoms with Gasteiger partial charge in [-0.1, -0.05) is 48.5 Å². The topological polar surface area (TPSA) is 256 Å². The largest absolute Gasteiger partial charge is 0.481 e. The van der Waals surface area contributed by atoms with Crippen molar-refractivity contribution in [2.45, 2.75) is 62.5 Å². The van der Waals surface area contributed by atoms with Crippen LogP contribution < -0.4 is 16.6 Å². The number of carbonyl (C=O) groups is 4. The lowest BCUT2D eigenvalue weighted by Crippen LogP contribution is -2.40. The molecule has 0 heterocycles. The lowest BCUT2D eigenvalue weighted by Gasteiger charge is -2.20. The Labute approximate surface area is 355 Å². The van der Waals surface area contributed by atoms with E-state index in [2.05, 4.69) is 15.0 Å². The Hall–Kier alpha value is -6.28. The molecule has 0 bridgehead atoms. The van der Waals surface area contributed by atoms with Gasteiger partial charge in [0.05, 0.1) is 53.5 Å². The molecular weight excluding hydrogens is 827 g/mol. The number of hydrazine groups is 1. The lowest BCUT2D eigenvalue weighted by molar-refractivity contribution is -0.145. The van der Waals surface area contributed by atoms with Gasteiger partial charge >= 0.3 is 5.97 Å². The molecule has 18 heteroatoms. The molecule has 0 saturated heterocycles. The summed E-state index contributed by atoms with van der Waals surface area (Å²) in [5.41, 5.74) is 6.90. The first-order chi connectivity index (χ1) is 28.4. The van der Waals surface area contributed by atoms with E-state index >= 15 is 0 Å². The van der Waals surface area contributed by atoms with Crippen molar-refractivity contribution in [3.63, 3.8) is 0 Å². The van der Waals surface area contributed by atoms with Gasteiger partial charge in [-0.25, -0.2) is 32.4 Å². The van der Waals surface area contributed by atoms with E-state index < -0.39 is 61.5 Å². The minimum atomic E-state index is -3.35. The lowest BCUT2D eigenvalue weighted by atomic mass is 9.93. The molecule has 61 heavy (non-hydrogen) atoms. The molecule has 0 unspecified atom stereocenters. The summed E-state index contributed by atoms with van der Waals surface area (Å²) < 4.78 is 45.1. The fraction of sp³-hybridized carbons (Fsp3) is 0.302. The highest BCUT2D eigenvalue weighted by Crippen LogP contribution is 2.24. The minimum absolute atomic E-state index is 0.108. The van der Waals surface area contributed by atoms with Crippen molar-refractivity contribution in [1.29, 1.82) is 0 Å². The maximum absolute atomic E-state index is 12.6. The number of carbonyl (C=O) groups excluding carboxylic acids is 3. The van der Waals surface area contributed by atoms with Gasteiger partial charge in [-0.3, -0.25) is 24.6 Å². The maximum Gasteiger partial charge on any atom is 0.309 e. The molecule has 0 saturated carbocycles. The first kappa shape index (κ1) is 50.9. The number of aliphatic hydroxyl groups is 2. The van der Waals surface area contributed by atoms with Crippen LogP contribution in [0.4, 0.5) is 11.4 Å². The molecule has 0 aliphatic carbocycles. The zero-order valence-electron chi connectivity index (χ0n) is 34.4. The number of rotatable bonds is 14. The predicted octanol–water partition coefficient (Wildman–Crippen LogP) is 4.35. The third-order valence-corrected chi connectivity index (χ3v) is 11.5. The molecule has 7 N–H and O–H groups in total. The number of amides is 2. The zero-order chi connectivity index (χ0) is 46.2. The summed E-state index contributed by atoms with van der Waals surface area (Å²) in [4.78, 5) is 53.9. The van der Waals surface area contributed by atoms with Crippen LogP contribution in [0.25, 0.3) is 9.69 Å². The summed E-state index contributed by atoms with van der Waals surface area (Å²) in [6.07, 6.45) is 0.886. The van der Waals surface area contributed by atoms with Crippen LogP contribution in [0, 0.1) is 38.8 Å². The minimum Gasteiger partial charge on any atom is -0.481 e. The highest BCUT2D eigenvalue weighted by molar-refractivity contribution is 7.91. The van der Waals surface area contributed by atoms with Gasteiger partial charge in [-0.15, -0.1) is 0 Å². The van der Waals surface area contributed by atoms with Crippen molar-refractivity contribution in [2.75, 3.05) is 19.1 Å². The molecule has 324 valence electrons. The van der Waals surface area contributed by atoms with Crippen LogP contribution in [0.5, 0.6) is 0 Å². The van der Waals surface area contributed by atoms with Crippen LogP contribution in [0.2, 0.25) is 0 Å². The third kappa shape index (κ3) is 16.0. The maximum atomic E-state index is 12.6. The van der Waals surface area contributed by atoms with Gasteiger partial charge in [0.1, 0.15) is 0 Å². The number of nitrogens with zero attached hydrogens (tertiary/aromatic N) is 2. The Morgan fingerprint density at radius 2 is 1.07 bits per heavy atom. The summed E-state index contributed by atoms with van der Waals surface area (Å²) in [6, 6.07) is 21.5. The molecular formula is C43H49N5O11S2. The standard InChI is InChI=1S/C22H24N2O5S.C13H15NO3.C8H10N2O3S/c1-14-11-16(5-10-20(14)23-3)12-19(15(2)25)22(27)24-13-21(26)17-6-8-18(9-7-17)30(4,28)29;1-8-6-10(4-5-12(8)14-3)7-11(9(2)15)13(16)17;1-14(12,13)7-4-2-6(3-5-7)8(11)10-9/h5-11,15,19,25H,12-13H2,1-2,4H3,(H,24,27);4-6,9,11,15H,7H2,1-2H3,(H,16,17);2-5H,9H2,1H3,(H,10,11)/t15-,19-;9-,11-;/m11./s1. The quantitative estimate of drug-likeness (QED) is 0.0340. The molecule has 0 fully saturated rings. The average molecular weight is 876 g/mol. The van der Waals surface area contributed by atoms with E-state index in [-0.39, 0.29) is 40.5 Å². The van der Waals surface area contributed by atoms with E-state index in [1.54, 1.807) is 30.3 Å². The number of carboxylic acid groups (broad SMARTS) is 1. The zero-order valence-corrected chi connectivity index (χ0v) is 36.0. The van der Waals surface area contributed by atoms with E-state index in [1.165, 1.54) is 62.4 Å². The van der Waals surface area contributed by atoms with Gasteiger partial charge in [0.25, 0.3) is 5.91 Å². The second-order valence-corrected chi connectivity index (χ2v) is 18.1. The monoisotopic (exact) mass is 875 g/mol. The number of nitrogens with one attached hydrogen (secondary N) is 2. The number of Topliss-reactive ketones (excluding diaryl/α,β-unsaturated/α-hetero) is 1. The van der Waals surface area contributed by atoms with Gasteiger partial charge < -0.3 is 20.6 Å². The van der Waals surface area contributed by atoms with Gasteiger partial charge in [-0.2, -0.15) is 0 Å². The van der Waals surface area contributed by atoms with Crippen LogP contribution in [0.1, 0.15) is 56.8 Å². The highest BCUT2D eigenvalue weighted by atomic mass is 32.2. The van der Waals surface area contributed by atoms with Crippen molar-refractivity contribution in [3.05, 3.63) is 141 Å². The third-order valence-electron chi connectivity index (χ3n) is 9.20. The van der Waals surface area contributed by atoms with Crippen molar-refractivity contribution in [1.82, 2.24) is 10.7 Å². The van der Waals surface area contributed by atoms with Crippen LogP contribution >= 0.6 is 0 Å². The number of benzene rings is 4. The van der Waals surface area contributed by atoms with E-state index in [1.807, 2.05) is 25.3 Å². The van der Waals surface area contributed by atoms with E-state index in [4.69, 9.17) is 24.1 Å². The Balaban J connectivity index is 0.000000348. The smallest absolute Gasteiger partial charge is 0.309 e. The summed E-state index contributed by atoms with van der Waals surface area (Å²) >= 11 is 0. The van der Waals surface area contributed by atoms with Gasteiger partial charge in [0, 0.05) is 23.6 Å². The fourth-order valence-electron chi connectivity index (χ4n) is 5.62. The normalized spacial score (nSPS) is 12.8. The van der Waals surface area contributed by atoms with E-state index in [9.17, 15) is 46.2 Å². The summed E-state index contributed by atoms with van der Waals surface area (Å²) in [7, 11) is -6.57.